The van der Waals surface area contributed by atoms with Gasteiger partial charge in [-0.2, -0.15) is 0 Å². The van der Waals surface area contributed by atoms with Crippen molar-refractivity contribution in [2.24, 2.45) is 0 Å². The van der Waals surface area contributed by atoms with E-state index in [9.17, 15) is 15.0 Å². The van der Waals surface area contributed by atoms with Crippen LogP contribution < -0.4 is 5.56 Å². The molecule has 1 aromatic heterocycles. The fraction of sp³-hybridized carbons (Fsp3) is 0.600. The lowest BCUT2D eigenvalue weighted by atomic mass is 10.1. The number of ether oxygens (including phenoxy) is 1. The first-order chi connectivity index (χ1) is 8.06. The normalized spacial score (nSPS) is 32.9. The van der Waals surface area contributed by atoms with Gasteiger partial charge >= 0.3 is 0 Å². The van der Waals surface area contributed by atoms with E-state index in [1.54, 1.807) is 6.92 Å². The van der Waals surface area contributed by atoms with Gasteiger partial charge < -0.3 is 20.1 Å². The van der Waals surface area contributed by atoms with Gasteiger partial charge in [0.05, 0.1) is 6.61 Å². The minimum absolute atomic E-state index is 0.269. The van der Waals surface area contributed by atoms with Gasteiger partial charge in [0.25, 0.3) is 5.56 Å². The summed E-state index contributed by atoms with van der Waals surface area (Å²) in [6.45, 7) is 1.12. The zero-order valence-corrected chi connectivity index (χ0v) is 9.22. The highest BCUT2D eigenvalue weighted by Crippen LogP contribution is 2.27. The SMILES string of the molecule is Cc1nccn([C@@H]2O[C@H](CO)[C@@H](O)[C@H]2O)c1=O. The van der Waals surface area contributed by atoms with Crippen molar-refractivity contribution < 1.29 is 20.1 Å². The van der Waals surface area contributed by atoms with Crippen molar-refractivity contribution in [2.45, 2.75) is 31.5 Å². The summed E-state index contributed by atoms with van der Waals surface area (Å²) in [4.78, 5) is 15.6. The summed E-state index contributed by atoms with van der Waals surface area (Å²) < 4.78 is 6.40. The van der Waals surface area contributed by atoms with Crippen molar-refractivity contribution >= 4 is 0 Å². The van der Waals surface area contributed by atoms with Crippen molar-refractivity contribution in [3.8, 4) is 0 Å². The first-order valence-corrected chi connectivity index (χ1v) is 5.22. The van der Waals surface area contributed by atoms with Crippen LogP contribution in [0.15, 0.2) is 17.2 Å². The van der Waals surface area contributed by atoms with E-state index < -0.39 is 36.7 Å². The summed E-state index contributed by atoms with van der Waals surface area (Å²) in [7, 11) is 0. The molecular formula is C10H14N2O5. The maximum atomic E-state index is 11.8. The van der Waals surface area contributed by atoms with E-state index in [-0.39, 0.29) is 5.69 Å². The summed E-state index contributed by atoms with van der Waals surface area (Å²) in [6, 6.07) is 0. The van der Waals surface area contributed by atoms with Crippen molar-refractivity contribution in [1.29, 1.82) is 0 Å². The van der Waals surface area contributed by atoms with Gasteiger partial charge in [0, 0.05) is 12.4 Å². The predicted octanol–water partition coefficient (Wildman–Crippen LogP) is -1.84. The topological polar surface area (TPSA) is 105 Å². The van der Waals surface area contributed by atoms with Crippen LogP contribution in [0.3, 0.4) is 0 Å². The molecular weight excluding hydrogens is 228 g/mol. The monoisotopic (exact) mass is 242 g/mol. The minimum Gasteiger partial charge on any atom is -0.394 e. The average Bonchev–Trinajstić information content (AvgIpc) is 2.60. The molecule has 2 heterocycles. The molecule has 7 nitrogen and oxygen atoms in total. The highest BCUT2D eigenvalue weighted by molar-refractivity contribution is 4.98. The van der Waals surface area contributed by atoms with Gasteiger partial charge in [0.2, 0.25) is 0 Å². The molecule has 3 N–H and O–H groups in total. The van der Waals surface area contributed by atoms with Crippen LogP contribution in [0.2, 0.25) is 0 Å². The Morgan fingerprint density at radius 2 is 2.18 bits per heavy atom. The Morgan fingerprint density at radius 3 is 2.76 bits per heavy atom. The third-order valence-corrected chi connectivity index (χ3v) is 2.83. The van der Waals surface area contributed by atoms with Crippen LogP contribution in [0, 0.1) is 6.92 Å². The van der Waals surface area contributed by atoms with Crippen molar-refractivity contribution in [3.63, 3.8) is 0 Å². The van der Waals surface area contributed by atoms with E-state index in [2.05, 4.69) is 4.98 Å². The highest BCUT2D eigenvalue weighted by Gasteiger charge is 2.43. The van der Waals surface area contributed by atoms with Crippen LogP contribution in [-0.2, 0) is 4.74 Å². The number of aryl methyl sites for hydroxylation is 1. The summed E-state index contributed by atoms with van der Waals surface area (Å²) in [6.07, 6.45) is -1.59. The molecule has 0 spiro atoms. The molecule has 0 saturated carbocycles. The lowest BCUT2D eigenvalue weighted by molar-refractivity contribution is -0.0546. The van der Waals surface area contributed by atoms with Crippen LogP contribution >= 0.6 is 0 Å². The largest absolute Gasteiger partial charge is 0.394 e. The molecule has 0 aliphatic carbocycles. The van der Waals surface area contributed by atoms with Gasteiger partial charge in [0.1, 0.15) is 24.0 Å². The summed E-state index contributed by atoms with van der Waals surface area (Å²) in [5.41, 5.74) is -0.132. The summed E-state index contributed by atoms with van der Waals surface area (Å²) in [5.74, 6) is 0. The van der Waals surface area contributed by atoms with Gasteiger partial charge in [-0.1, -0.05) is 0 Å². The van der Waals surface area contributed by atoms with Gasteiger partial charge in [-0.3, -0.25) is 14.3 Å². The molecule has 0 bridgehead atoms. The first kappa shape index (κ1) is 12.2. The Bertz CT molecular complexity index is 460. The number of rotatable bonds is 2. The van der Waals surface area contributed by atoms with Crippen LogP contribution in [0.25, 0.3) is 0 Å². The molecule has 1 fully saturated rings. The maximum absolute atomic E-state index is 11.8. The van der Waals surface area contributed by atoms with E-state index in [0.717, 1.165) is 4.57 Å². The molecule has 17 heavy (non-hydrogen) atoms. The summed E-state index contributed by atoms with van der Waals surface area (Å²) >= 11 is 0. The Morgan fingerprint density at radius 1 is 1.47 bits per heavy atom. The van der Waals surface area contributed by atoms with E-state index in [4.69, 9.17) is 9.84 Å². The molecule has 94 valence electrons. The second-order valence-electron chi connectivity index (χ2n) is 3.95. The molecule has 4 atom stereocenters. The molecule has 1 aromatic rings. The Hall–Kier alpha value is -1.28. The van der Waals surface area contributed by atoms with Crippen LogP contribution in [0.4, 0.5) is 0 Å². The van der Waals surface area contributed by atoms with E-state index in [0.29, 0.717) is 0 Å². The van der Waals surface area contributed by atoms with Crippen LogP contribution in [-0.4, -0.2) is 49.8 Å². The van der Waals surface area contributed by atoms with E-state index in [1.807, 2.05) is 0 Å². The van der Waals surface area contributed by atoms with Crippen molar-refractivity contribution in [2.75, 3.05) is 6.61 Å². The van der Waals surface area contributed by atoms with Gasteiger partial charge in [-0.25, -0.2) is 0 Å². The molecule has 0 aromatic carbocycles. The number of hydrogen-bond donors (Lipinski definition) is 3. The third-order valence-electron chi connectivity index (χ3n) is 2.83. The molecule has 7 heteroatoms. The van der Waals surface area contributed by atoms with Crippen molar-refractivity contribution in [1.82, 2.24) is 9.55 Å². The molecule has 0 radical (unpaired) electrons. The number of hydrogen-bond acceptors (Lipinski definition) is 6. The van der Waals surface area contributed by atoms with Gasteiger partial charge in [0.15, 0.2) is 6.23 Å². The standard InChI is InChI=1S/C10H14N2O5/c1-5-9(16)12(3-2-11-5)10-8(15)7(14)6(4-13)17-10/h2-3,6-8,10,13-15H,4H2,1H3/t6-,7-,8-,10-/m1/s1. The Balaban J connectivity index is 2.35. The maximum Gasteiger partial charge on any atom is 0.274 e. The molecule has 0 amide bonds. The Kier molecular flexibility index (Phi) is 3.25. The van der Waals surface area contributed by atoms with E-state index >= 15 is 0 Å². The molecule has 1 saturated heterocycles. The minimum atomic E-state index is -1.26. The number of aliphatic hydroxyl groups excluding tert-OH is 3. The second-order valence-corrected chi connectivity index (χ2v) is 3.95. The van der Waals surface area contributed by atoms with Crippen molar-refractivity contribution in [3.05, 3.63) is 28.4 Å². The third kappa shape index (κ3) is 1.98. The van der Waals surface area contributed by atoms with Crippen LogP contribution in [0.5, 0.6) is 0 Å². The fourth-order valence-corrected chi connectivity index (χ4v) is 1.84. The summed E-state index contributed by atoms with van der Waals surface area (Å²) in [5, 5.41) is 28.3. The number of aliphatic hydroxyl groups is 3. The zero-order chi connectivity index (χ0) is 12.6. The predicted molar refractivity (Wildman–Crippen MR) is 56.2 cm³/mol. The quantitative estimate of drug-likeness (QED) is 0.563. The first-order valence-electron chi connectivity index (χ1n) is 5.22. The molecule has 1 aliphatic rings. The van der Waals surface area contributed by atoms with E-state index in [1.165, 1.54) is 12.4 Å². The molecule has 0 unspecified atom stereocenters. The Labute approximate surface area is 96.9 Å². The fourth-order valence-electron chi connectivity index (χ4n) is 1.84. The average molecular weight is 242 g/mol. The lowest BCUT2D eigenvalue weighted by Crippen LogP contribution is -2.35. The lowest BCUT2D eigenvalue weighted by Gasteiger charge is -2.17. The molecule has 2 rings (SSSR count). The zero-order valence-electron chi connectivity index (χ0n) is 9.22. The molecule has 1 aliphatic heterocycles. The van der Waals surface area contributed by atoms with Gasteiger partial charge in [-0.05, 0) is 6.92 Å². The smallest absolute Gasteiger partial charge is 0.274 e. The number of aromatic nitrogens is 2. The van der Waals surface area contributed by atoms with Crippen LogP contribution in [0.1, 0.15) is 11.9 Å². The highest BCUT2D eigenvalue weighted by atomic mass is 16.6. The second kappa shape index (κ2) is 4.53. The van der Waals surface area contributed by atoms with Gasteiger partial charge in [-0.15, -0.1) is 0 Å². The number of nitrogens with zero attached hydrogens (tertiary/aromatic N) is 2.